The molecule has 0 spiro atoms. The fourth-order valence-electron chi connectivity index (χ4n) is 3.33. The van der Waals surface area contributed by atoms with Crippen molar-refractivity contribution in [3.8, 4) is 11.5 Å². The van der Waals surface area contributed by atoms with E-state index in [2.05, 4.69) is 41.9 Å². The summed E-state index contributed by atoms with van der Waals surface area (Å²) in [5.41, 5.74) is 4.06. The molecule has 5 nitrogen and oxygen atoms in total. The molecule has 3 rings (SSSR count). The Morgan fingerprint density at radius 1 is 1.10 bits per heavy atom. The Morgan fingerprint density at radius 3 is 2.34 bits per heavy atom. The number of benzene rings is 2. The molecular formula is C22H28ClFN2O3. The number of piperazine rings is 1. The number of aryl methyl sites for hydroxylation is 1. The quantitative estimate of drug-likeness (QED) is 0.677. The van der Waals surface area contributed by atoms with E-state index in [4.69, 9.17) is 16.3 Å². The Bertz CT molecular complexity index is 852. The number of amides is 1. The molecule has 1 aliphatic rings. The van der Waals surface area contributed by atoms with E-state index >= 15 is 0 Å². The van der Waals surface area contributed by atoms with Crippen molar-refractivity contribution in [3.63, 3.8) is 0 Å². The van der Waals surface area contributed by atoms with Crippen molar-refractivity contribution >= 4 is 23.2 Å². The highest BCUT2D eigenvalue weighted by Crippen LogP contribution is 2.37. The van der Waals surface area contributed by atoms with E-state index in [0.717, 1.165) is 13.1 Å². The normalized spacial score (nSPS) is 13.5. The van der Waals surface area contributed by atoms with Crippen molar-refractivity contribution < 1.29 is 19.0 Å². The maximum absolute atomic E-state index is 12.8. The predicted molar refractivity (Wildman–Crippen MR) is 115 cm³/mol. The number of ether oxygens (including phenoxy) is 1. The van der Waals surface area contributed by atoms with E-state index < -0.39 is 0 Å². The molecule has 1 saturated heterocycles. The van der Waals surface area contributed by atoms with Crippen LogP contribution >= 0.6 is 11.6 Å². The van der Waals surface area contributed by atoms with Crippen molar-refractivity contribution in [2.45, 2.75) is 27.7 Å². The van der Waals surface area contributed by atoms with Gasteiger partial charge in [0, 0.05) is 42.0 Å². The zero-order valence-electron chi connectivity index (χ0n) is 17.6. The maximum atomic E-state index is 12.8. The van der Waals surface area contributed by atoms with E-state index in [9.17, 15) is 9.32 Å². The summed E-state index contributed by atoms with van der Waals surface area (Å²) in [4.78, 5) is 20.6. The number of nitrogens with zero attached hydrogens (tertiary/aromatic N) is 2. The molecule has 0 aromatic heterocycles. The molecule has 0 bridgehead atoms. The average molecular weight is 423 g/mol. The molecule has 0 atom stereocenters. The van der Waals surface area contributed by atoms with Crippen LogP contribution in [0.25, 0.3) is 0 Å². The van der Waals surface area contributed by atoms with Crippen LogP contribution in [0.15, 0.2) is 30.3 Å². The standard InChI is InChI=1S/C20H22ClFN2O3.C2H6/c1-13-5-4-6-17(14(13)2)23-7-9-24(10-8-23)20(25)15-11-16(21)19(27-22)18(12-15)26-3;1-2/h4-6,11-12H,7-10H2,1-3H3;1-2H3. The molecule has 0 unspecified atom stereocenters. The summed E-state index contributed by atoms with van der Waals surface area (Å²) in [6.07, 6.45) is 0. The van der Waals surface area contributed by atoms with E-state index in [-0.39, 0.29) is 22.4 Å². The van der Waals surface area contributed by atoms with E-state index in [1.807, 2.05) is 13.8 Å². The van der Waals surface area contributed by atoms with Crippen LogP contribution in [0.5, 0.6) is 11.5 Å². The van der Waals surface area contributed by atoms with Crippen LogP contribution in [0, 0.1) is 13.8 Å². The molecular weight excluding hydrogens is 395 g/mol. The van der Waals surface area contributed by atoms with Gasteiger partial charge >= 0.3 is 0 Å². The van der Waals surface area contributed by atoms with Gasteiger partial charge in [-0.25, -0.2) is 0 Å². The minimum atomic E-state index is -0.226. The van der Waals surface area contributed by atoms with E-state index in [1.165, 1.54) is 36.1 Å². The van der Waals surface area contributed by atoms with Gasteiger partial charge in [-0.3, -0.25) is 9.74 Å². The smallest absolute Gasteiger partial charge is 0.254 e. The Morgan fingerprint density at radius 2 is 1.76 bits per heavy atom. The van der Waals surface area contributed by atoms with Gasteiger partial charge < -0.3 is 14.5 Å². The largest absolute Gasteiger partial charge is 0.493 e. The molecule has 0 saturated carbocycles. The second-order valence-electron chi connectivity index (χ2n) is 6.56. The minimum absolute atomic E-state index is 0.00535. The lowest BCUT2D eigenvalue weighted by atomic mass is 10.1. The van der Waals surface area contributed by atoms with Gasteiger partial charge in [0.1, 0.15) is 0 Å². The van der Waals surface area contributed by atoms with Gasteiger partial charge in [-0.1, -0.05) is 37.6 Å². The van der Waals surface area contributed by atoms with Gasteiger partial charge in [0.15, 0.2) is 5.75 Å². The molecule has 158 valence electrons. The second-order valence-corrected chi connectivity index (χ2v) is 6.97. The van der Waals surface area contributed by atoms with Crippen molar-refractivity contribution in [1.29, 1.82) is 0 Å². The molecule has 1 aliphatic heterocycles. The highest BCUT2D eigenvalue weighted by molar-refractivity contribution is 6.32. The number of anilines is 1. The Labute approximate surface area is 176 Å². The number of halogens is 2. The topological polar surface area (TPSA) is 42.0 Å². The Kier molecular flexibility index (Phi) is 8.14. The van der Waals surface area contributed by atoms with Crippen LogP contribution in [0.4, 0.5) is 10.2 Å². The molecule has 1 amide bonds. The van der Waals surface area contributed by atoms with Gasteiger partial charge in [0.2, 0.25) is 5.75 Å². The lowest BCUT2D eigenvalue weighted by molar-refractivity contribution is -0.00886. The third-order valence-corrected chi connectivity index (χ3v) is 5.32. The molecule has 1 heterocycles. The lowest BCUT2D eigenvalue weighted by Crippen LogP contribution is -2.49. The molecule has 29 heavy (non-hydrogen) atoms. The van der Waals surface area contributed by atoms with Crippen LogP contribution in [0.1, 0.15) is 35.3 Å². The van der Waals surface area contributed by atoms with Gasteiger partial charge in [-0.05, 0) is 43.2 Å². The third kappa shape index (κ3) is 4.93. The van der Waals surface area contributed by atoms with E-state index in [1.54, 1.807) is 4.90 Å². The number of carbonyl (C=O) groups excluding carboxylic acids is 1. The summed E-state index contributed by atoms with van der Waals surface area (Å²) in [5, 5.41) is -0.00535. The molecule has 0 N–H and O–H groups in total. The van der Waals surface area contributed by atoms with Crippen LogP contribution in [-0.4, -0.2) is 44.1 Å². The fraction of sp³-hybridized carbons (Fsp3) is 0.409. The summed E-state index contributed by atoms with van der Waals surface area (Å²) >= 11 is 6.01. The first kappa shape index (κ1) is 22.8. The molecule has 0 aliphatic carbocycles. The number of hydrogen-bond donors (Lipinski definition) is 0. The maximum Gasteiger partial charge on any atom is 0.254 e. The van der Waals surface area contributed by atoms with Crippen molar-refractivity contribution in [2.75, 3.05) is 38.2 Å². The van der Waals surface area contributed by atoms with Crippen LogP contribution < -0.4 is 14.6 Å². The first-order valence-electron chi connectivity index (χ1n) is 9.72. The first-order chi connectivity index (χ1) is 14.0. The molecule has 2 aromatic rings. The summed E-state index contributed by atoms with van der Waals surface area (Å²) in [7, 11) is 1.37. The highest BCUT2D eigenvalue weighted by atomic mass is 35.5. The van der Waals surface area contributed by atoms with Gasteiger partial charge in [0.25, 0.3) is 5.91 Å². The third-order valence-electron chi connectivity index (χ3n) is 5.04. The second kappa shape index (κ2) is 10.3. The number of carbonyl (C=O) groups is 1. The monoisotopic (exact) mass is 422 g/mol. The summed E-state index contributed by atoms with van der Waals surface area (Å²) < 4.78 is 17.7. The zero-order valence-corrected chi connectivity index (χ0v) is 18.3. The SMILES string of the molecule is CC.COc1cc(C(=O)N2CCN(c3cccc(C)c3C)CC2)cc(Cl)c1OF. The van der Waals surface area contributed by atoms with E-state index in [0.29, 0.717) is 18.7 Å². The predicted octanol–water partition coefficient (Wildman–Crippen LogP) is 5.22. The molecule has 7 heteroatoms. The number of hydrogen-bond acceptors (Lipinski definition) is 4. The van der Waals surface area contributed by atoms with Crippen LogP contribution in [-0.2, 0) is 0 Å². The minimum Gasteiger partial charge on any atom is -0.493 e. The van der Waals surface area contributed by atoms with Crippen LogP contribution in [0.2, 0.25) is 5.02 Å². The van der Waals surface area contributed by atoms with Crippen molar-refractivity contribution in [2.24, 2.45) is 0 Å². The van der Waals surface area contributed by atoms with Gasteiger partial charge in [0.05, 0.1) is 12.1 Å². The summed E-state index contributed by atoms with van der Waals surface area (Å²) in [6.45, 7) is 10.9. The summed E-state index contributed by atoms with van der Waals surface area (Å²) in [6, 6.07) is 9.11. The zero-order chi connectivity index (χ0) is 21.6. The van der Waals surface area contributed by atoms with Gasteiger partial charge in [-0.2, -0.15) is 0 Å². The number of methoxy groups -OCH3 is 1. The van der Waals surface area contributed by atoms with Crippen molar-refractivity contribution in [3.05, 3.63) is 52.0 Å². The molecule has 0 radical (unpaired) electrons. The highest BCUT2D eigenvalue weighted by Gasteiger charge is 2.25. The van der Waals surface area contributed by atoms with Crippen molar-refractivity contribution in [1.82, 2.24) is 4.90 Å². The summed E-state index contributed by atoms with van der Waals surface area (Å²) in [5.74, 6) is -0.306. The Balaban J connectivity index is 0.00000145. The molecule has 2 aromatic carbocycles. The van der Waals surface area contributed by atoms with Gasteiger partial charge in [-0.15, -0.1) is 0 Å². The molecule has 1 fully saturated rings. The lowest BCUT2D eigenvalue weighted by Gasteiger charge is -2.37. The first-order valence-corrected chi connectivity index (χ1v) is 10.1. The number of rotatable bonds is 4. The fourth-order valence-corrected chi connectivity index (χ4v) is 3.57. The van der Waals surface area contributed by atoms with Crippen LogP contribution in [0.3, 0.4) is 0 Å². The average Bonchev–Trinajstić information content (AvgIpc) is 2.76. The Hall–Kier alpha value is -2.47.